The molecule has 0 bridgehead atoms. The zero-order valence-corrected chi connectivity index (χ0v) is 15.0. The topological polar surface area (TPSA) is 75.7 Å². The lowest BCUT2D eigenvalue weighted by molar-refractivity contribution is 0.0856. The molecule has 2 aromatic carbocycles. The first-order chi connectivity index (χ1) is 13.1. The molecule has 1 N–H and O–H groups in total. The Bertz CT molecular complexity index is 897. The van der Waals surface area contributed by atoms with Gasteiger partial charge >= 0.3 is 0 Å². The molecule has 0 saturated carbocycles. The summed E-state index contributed by atoms with van der Waals surface area (Å²) in [7, 11) is 0. The second-order valence-electron chi connectivity index (χ2n) is 6.84. The van der Waals surface area contributed by atoms with Crippen molar-refractivity contribution in [3.05, 3.63) is 64.7 Å². The van der Waals surface area contributed by atoms with Crippen LogP contribution < -0.4 is 10.2 Å². The molecular formula is C21H20N2O4. The summed E-state index contributed by atoms with van der Waals surface area (Å²) in [6.07, 6.45) is 2.00. The summed E-state index contributed by atoms with van der Waals surface area (Å²) in [6, 6.07) is 11.8. The predicted octanol–water partition coefficient (Wildman–Crippen LogP) is 2.70. The summed E-state index contributed by atoms with van der Waals surface area (Å²) >= 11 is 0. The predicted molar refractivity (Wildman–Crippen MR) is 100 cm³/mol. The van der Waals surface area contributed by atoms with E-state index in [9.17, 15) is 14.4 Å². The van der Waals surface area contributed by atoms with Gasteiger partial charge < -0.3 is 10.1 Å². The van der Waals surface area contributed by atoms with Gasteiger partial charge in [-0.3, -0.25) is 14.4 Å². The summed E-state index contributed by atoms with van der Waals surface area (Å²) in [5.74, 6) is -0.977. The maximum absolute atomic E-state index is 12.7. The minimum absolute atomic E-state index is 0.0510. The lowest BCUT2D eigenvalue weighted by Gasteiger charge is -2.18. The molecule has 1 atom stereocenters. The Hall–Kier alpha value is -2.99. The van der Waals surface area contributed by atoms with Crippen LogP contribution in [0.15, 0.2) is 42.5 Å². The van der Waals surface area contributed by atoms with Gasteiger partial charge in [0.2, 0.25) is 0 Å². The van der Waals surface area contributed by atoms with E-state index in [1.165, 1.54) is 0 Å². The fraction of sp³-hybridized carbons (Fsp3) is 0.286. The van der Waals surface area contributed by atoms with E-state index in [4.69, 9.17) is 4.74 Å². The normalized spacial score (nSPS) is 18.7. The summed E-state index contributed by atoms with van der Waals surface area (Å²) < 4.78 is 5.52. The molecule has 2 aliphatic heterocycles. The van der Waals surface area contributed by atoms with Gasteiger partial charge in [0.1, 0.15) is 0 Å². The Morgan fingerprint density at radius 3 is 2.48 bits per heavy atom. The number of nitrogens with one attached hydrogen (secondary N) is 1. The van der Waals surface area contributed by atoms with Gasteiger partial charge in [-0.15, -0.1) is 0 Å². The van der Waals surface area contributed by atoms with Crippen LogP contribution in [0.2, 0.25) is 0 Å². The number of benzene rings is 2. The molecule has 1 saturated heterocycles. The molecule has 27 heavy (non-hydrogen) atoms. The van der Waals surface area contributed by atoms with Crippen LogP contribution >= 0.6 is 0 Å². The van der Waals surface area contributed by atoms with Gasteiger partial charge in [0.25, 0.3) is 17.7 Å². The molecule has 0 aromatic heterocycles. The third-order valence-electron chi connectivity index (χ3n) is 5.02. The molecule has 2 aromatic rings. The van der Waals surface area contributed by atoms with Crippen molar-refractivity contribution in [1.29, 1.82) is 0 Å². The average molecular weight is 364 g/mol. The number of anilines is 1. The molecule has 3 amide bonds. The first kappa shape index (κ1) is 17.4. The maximum atomic E-state index is 12.7. The first-order valence-corrected chi connectivity index (χ1v) is 9.04. The fourth-order valence-corrected chi connectivity index (χ4v) is 3.51. The summed E-state index contributed by atoms with van der Waals surface area (Å²) in [4.78, 5) is 39.1. The fourth-order valence-electron chi connectivity index (χ4n) is 3.51. The molecular weight excluding hydrogens is 344 g/mol. The molecule has 0 radical (unpaired) electrons. The van der Waals surface area contributed by atoms with Crippen molar-refractivity contribution in [2.75, 3.05) is 18.1 Å². The van der Waals surface area contributed by atoms with Gasteiger partial charge in [0.05, 0.1) is 22.9 Å². The van der Waals surface area contributed by atoms with Gasteiger partial charge in [0.15, 0.2) is 0 Å². The Labute approximate surface area is 157 Å². The highest BCUT2D eigenvalue weighted by molar-refractivity contribution is 6.34. The Kier molecular flexibility index (Phi) is 4.49. The van der Waals surface area contributed by atoms with E-state index < -0.39 is 0 Å². The van der Waals surface area contributed by atoms with Gasteiger partial charge in [-0.25, -0.2) is 4.90 Å². The third-order valence-corrected chi connectivity index (χ3v) is 5.02. The monoisotopic (exact) mass is 364 g/mol. The molecule has 1 fully saturated rings. The number of hydrogen-bond donors (Lipinski definition) is 1. The molecule has 2 heterocycles. The minimum atomic E-state index is -0.365. The molecule has 2 aliphatic rings. The van der Waals surface area contributed by atoms with Gasteiger partial charge in [-0.2, -0.15) is 0 Å². The highest BCUT2D eigenvalue weighted by atomic mass is 16.5. The van der Waals surface area contributed by atoms with Crippen LogP contribution in [-0.2, 0) is 4.74 Å². The molecule has 4 rings (SSSR count). The van der Waals surface area contributed by atoms with Crippen molar-refractivity contribution in [3.8, 4) is 0 Å². The van der Waals surface area contributed by atoms with E-state index in [-0.39, 0.29) is 23.8 Å². The summed E-state index contributed by atoms with van der Waals surface area (Å²) in [5.41, 5.74) is 2.36. The number of carbonyl (C=O) groups excluding carboxylic acids is 3. The van der Waals surface area contributed by atoms with Crippen molar-refractivity contribution < 1.29 is 19.1 Å². The Morgan fingerprint density at radius 2 is 1.85 bits per heavy atom. The quantitative estimate of drug-likeness (QED) is 0.847. The molecule has 1 unspecified atom stereocenters. The van der Waals surface area contributed by atoms with Crippen LogP contribution in [0.1, 0.15) is 49.5 Å². The van der Waals surface area contributed by atoms with E-state index in [1.807, 2.05) is 6.92 Å². The second kappa shape index (κ2) is 6.96. The zero-order chi connectivity index (χ0) is 19.0. The van der Waals surface area contributed by atoms with Crippen molar-refractivity contribution in [1.82, 2.24) is 5.32 Å². The lowest BCUT2D eigenvalue weighted by Crippen LogP contribution is -2.33. The van der Waals surface area contributed by atoms with E-state index >= 15 is 0 Å². The van der Waals surface area contributed by atoms with Crippen molar-refractivity contribution in [3.63, 3.8) is 0 Å². The number of imide groups is 1. The van der Waals surface area contributed by atoms with Crippen LogP contribution in [0, 0.1) is 6.92 Å². The largest absolute Gasteiger partial charge is 0.376 e. The molecule has 6 heteroatoms. The van der Waals surface area contributed by atoms with Crippen molar-refractivity contribution in [2.24, 2.45) is 0 Å². The van der Waals surface area contributed by atoms with Gasteiger partial charge in [0, 0.05) is 18.7 Å². The molecule has 6 nitrogen and oxygen atoms in total. The molecule has 0 aliphatic carbocycles. The number of amides is 3. The highest BCUT2D eigenvalue weighted by Gasteiger charge is 2.37. The minimum Gasteiger partial charge on any atom is -0.376 e. The van der Waals surface area contributed by atoms with E-state index in [1.54, 1.807) is 42.5 Å². The SMILES string of the molecule is Cc1ccc(C(=O)NCC2CCCO2)cc1N1C(=O)c2ccccc2C1=O. The zero-order valence-electron chi connectivity index (χ0n) is 15.0. The molecule has 138 valence electrons. The smallest absolute Gasteiger partial charge is 0.266 e. The number of nitrogens with zero attached hydrogens (tertiary/aromatic N) is 1. The lowest BCUT2D eigenvalue weighted by atomic mass is 10.1. The van der Waals surface area contributed by atoms with Crippen LogP contribution in [0.25, 0.3) is 0 Å². The van der Waals surface area contributed by atoms with Crippen molar-refractivity contribution >= 4 is 23.4 Å². The number of ether oxygens (including phenoxy) is 1. The Morgan fingerprint density at radius 1 is 1.15 bits per heavy atom. The summed E-state index contributed by atoms with van der Waals surface area (Å²) in [6.45, 7) is 3.00. The first-order valence-electron chi connectivity index (χ1n) is 9.04. The van der Waals surface area contributed by atoms with Crippen LogP contribution in [0.3, 0.4) is 0 Å². The van der Waals surface area contributed by atoms with E-state index in [0.29, 0.717) is 28.9 Å². The number of rotatable bonds is 4. The number of fused-ring (bicyclic) bond motifs is 1. The standard InChI is InChI=1S/C21H20N2O4/c1-13-8-9-14(19(24)22-12-15-5-4-10-27-15)11-18(13)23-20(25)16-6-2-3-7-17(16)21(23)26/h2-3,6-9,11,15H,4-5,10,12H2,1H3,(H,22,24). The third kappa shape index (κ3) is 3.13. The number of aryl methyl sites for hydroxylation is 1. The highest BCUT2D eigenvalue weighted by Crippen LogP contribution is 2.31. The van der Waals surface area contributed by atoms with E-state index in [0.717, 1.165) is 29.9 Å². The second-order valence-corrected chi connectivity index (χ2v) is 6.84. The van der Waals surface area contributed by atoms with Crippen LogP contribution in [0.4, 0.5) is 5.69 Å². The summed E-state index contributed by atoms with van der Waals surface area (Å²) in [5, 5.41) is 2.87. The van der Waals surface area contributed by atoms with Gasteiger partial charge in [-0.1, -0.05) is 18.2 Å². The Balaban J connectivity index is 1.59. The van der Waals surface area contributed by atoms with Gasteiger partial charge in [-0.05, 0) is 49.6 Å². The van der Waals surface area contributed by atoms with Crippen molar-refractivity contribution in [2.45, 2.75) is 25.9 Å². The van der Waals surface area contributed by atoms with E-state index in [2.05, 4.69) is 5.32 Å². The maximum Gasteiger partial charge on any atom is 0.266 e. The average Bonchev–Trinajstić information content (AvgIpc) is 3.28. The van der Waals surface area contributed by atoms with Crippen LogP contribution in [0.5, 0.6) is 0 Å². The number of carbonyl (C=O) groups is 3. The number of hydrogen-bond acceptors (Lipinski definition) is 4. The van der Waals surface area contributed by atoms with Crippen LogP contribution in [-0.4, -0.2) is 37.0 Å². The molecule has 0 spiro atoms.